The number of hydrogen-bond acceptors (Lipinski definition) is 2. The van der Waals surface area contributed by atoms with Gasteiger partial charge in [-0.2, -0.15) is 0 Å². The van der Waals surface area contributed by atoms with E-state index in [9.17, 15) is 0 Å². The first-order valence-corrected chi connectivity index (χ1v) is 4.18. The quantitative estimate of drug-likeness (QED) is 0.686. The van der Waals surface area contributed by atoms with E-state index >= 15 is 0 Å². The smallest absolute Gasteiger partial charge is 0.0845 e. The van der Waals surface area contributed by atoms with Crippen molar-refractivity contribution in [3.05, 3.63) is 30.1 Å². The van der Waals surface area contributed by atoms with Gasteiger partial charge in [-0.3, -0.25) is 4.98 Å². The van der Waals surface area contributed by atoms with Crippen molar-refractivity contribution in [3.8, 4) is 0 Å². The molecule has 0 aromatic carbocycles. The minimum absolute atomic E-state index is 0.188. The summed E-state index contributed by atoms with van der Waals surface area (Å²) in [6.45, 7) is 4.29. The Bertz CT molecular complexity index is 221. The lowest BCUT2D eigenvalue weighted by Gasteiger charge is -2.18. The highest BCUT2D eigenvalue weighted by atomic mass is 16.5. The third-order valence-corrected chi connectivity index (χ3v) is 1.89. The van der Waals surface area contributed by atoms with Gasteiger partial charge in [0.1, 0.15) is 0 Å². The normalized spacial score (nSPS) is 13.3. The summed E-state index contributed by atoms with van der Waals surface area (Å²) in [6, 6.07) is 3.99. The van der Waals surface area contributed by atoms with Crippen LogP contribution in [0.25, 0.3) is 0 Å². The number of pyridine rings is 1. The van der Waals surface area contributed by atoms with Crippen LogP contribution in [0.15, 0.2) is 24.5 Å². The molecule has 0 aliphatic carbocycles. The first-order valence-electron chi connectivity index (χ1n) is 4.18. The van der Waals surface area contributed by atoms with Crippen LogP contribution in [0.1, 0.15) is 25.5 Å². The number of ether oxygens (including phenoxy) is 1. The molecule has 0 bridgehead atoms. The monoisotopic (exact) mass is 165 g/mol. The van der Waals surface area contributed by atoms with Crippen molar-refractivity contribution >= 4 is 0 Å². The van der Waals surface area contributed by atoms with Crippen molar-refractivity contribution in [1.82, 2.24) is 4.98 Å². The van der Waals surface area contributed by atoms with E-state index in [1.165, 1.54) is 5.56 Å². The van der Waals surface area contributed by atoms with Gasteiger partial charge in [0.25, 0.3) is 0 Å². The molecule has 2 nitrogen and oxygen atoms in total. The zero-order valence-corrected chi connectivity index (χ0v) is 7.82. The number of rotatable bonds is 3. The van der Waals surface area contributed by atoms with Gasteiger partial charge in [0, 0.05) is 19.5 Å². The van der Waals surface area contributed by atoms with Crippen LogP contribution in [0.3, 0.4) is 0 Å². The van der Waals surface area contributed by atoms with Gasteiger partial charge in [0.05, 0.1) is 6.10 Å². The molecule has 1 heterocycles. The summed E-state index contributed by atoms with van der Waals surface area (Å²) < 4.78 is 5.37. The summed E-state index contributed by atoms with van der Waals surface area (Å²) in [6.07, 6.45) is 3.78. The zero-order chi connectivity index (χ0) is 8.97. The maximum atomic E-state index is 5.37. The molecule has 0 aliphatic rings. The molecular weight excluding hydrogens is 150 g/mol. The van der Waals surface area contributed by atoms with Crippen molar-refractivity contribution in [2.75, 3.05) is 7.11 Å². The molecule has 1 rings (SSSR count). The highest BCUT2D eigenvalue weighted by molar-refractivity contribution is 5.13. The topological polar surface area (TPSA) is 22.1 Å². The van der Waals surface area contributed by atoms with Crippen LogP contribution in [-0.2, 0) is 4.74 Å². The molecule has 0 radical (unpaired) electrons. The summed E-state index contributed by atoms with van der Waals surface area (Å²) in [4.78, 5) is 3.97. The Balaban J connectivity index is 2.80. The molecule has 12 heavy (non-hydrogen) atoms. The Hall–Kier alpha value is -0.890. The van der Waals surface area contributed by atoms with Crippen molar-refractivity contribution in [2.45, 2.75) is 20.0 Å². The fraction of sp³-hybridized carbons (Fsp3) is 0.500. The van der Waals surface area contributed by atoms with Gasteiger partial charge < -0.3 is 4.74 Å². The van der Waals surface area contributed by atoms with E-state index in [0.29, 0.717) is 5.92 Å². The molecule has 2 heteroatoms. The molecule has 1 aromatic heterocycles. The largest absolute Gasteiger partial charge is 0.376 e. The lowest BCUT2D eigenvalue weighted by atomic mass is 10.0. The van der Waals surface area contributed by atoms with E-state index in [1.807, 2.05) is 12.1 Å². The van der Waals surface area contributed by atoms with Crippen molar-refractivity contribution in [1.29, 1.82) is 0 Å². The van der Waals surface area contributed by atoms with Crippen molar-refractivity contribution in [2.24, 2.45) is 5.92 Å². The summed E-state index contributed by atoms with van der Waals surface area (Å²) in [5, 5.41) is 0. The molecule has 1 unspecified atom stereocenters. The second-order valence-corrected chi connectivity index (χ2v) is 3.18. The highest BCUT2D eigenvalue weighted by Gasteiger charge is 2.13. The third kappa shape index (κ3) is 2.05. The second-order valence-electron chi connectivity index (χ2n) is 3.18. The Morgan fingerprint density at radius 1 is 1.25 bits per heavy atom. The van der Waals surface area contributed by atoms with Crippen LogP contribution in [0, 0.1) is 5.92 Å². The highest BCUT2D eigenvalue weighted by Crippen LogP contribution is 2.23. The Labute approximate surface area is 73.6 Å². The predicted octanol–water partition coefficient (Wildman–Crippen LogP) is 2.43. The van der Waals surface area contributed by atoms with E-state index in [2.05, 4.69) is 18.8 Å². The minimum atomic E-state index is 0.188. The lowest BCUT2D eigenvalue weighted by molar-refractivity contribution is 0.0646. The van der Waals surface area contributed by atoms with E-state index in [-0.39, 0.29) is 6.10 Å². The van der Waals surface area contributed by atoms with E-state index in [0.717, 1.165) is 0 Å². The Morgan fingerprint density at radius 3 is 2.25 bits per heavy atom. The van der Waals surface area contributed by atoms with Gasteiger partial charge in [-0.25, -0.2) is 0 Å². The number of hydrogen-bond donors (Lipinski definition) is 0. The van der Waals surface area contributed by atoms with Crippen LogP contribution < -0.4 is 0 Å². The SMILES string of the molecule is COC(c1ccncc1)C(C)C. The molecule has 1 atom stereocenters. The van der Waals surface area contributed by atoms with E-state index in [4.69, 9.17) is 4.74 Å². The number of aromatic nitrogens is 1. The summed E-state index contributed by atoms with van der Waals surface area (Å²) >= 11 is 0. The average Bonchev–Trinajstić information content (AvgIpc) is 2.07. The molecule has 0 saturated heterocycles. The summed E-state index contributed by atoms with van der Waals surface area (Å²) in [7, 11) is 1.74. The first kappa shape index (κ1) is 9.20. The maximum absolute atomic E-state index is 5.37. The van der Waals surface area contributed by atoms with E-state index in [1.54, 1.807) is 19.5 Å². The molecule has 66 valence electrons. The predicted molar refractivity (Wildman–Crippen MR) is 48.8 cm³/mol. The lowest BCUT2D eigenvalue weighted by Crippen LogP contribution is -2.08. The Morgan fingerprint density at radius 2 is 1.83 bits per heavy atom. The average molecular weight is 165 g/mol. The third-order valence-electron chi connectivity index (χ3n) is 1.89. The van der Waals surface area contributed by atoms with Crippen LogP contribution in [0.2, 0.25) is 0 Å². The van der Waals surface area contributed by atoms with E-state index < -0.39 is 0 Å². The fourth-order valence-corrected chi connectivity index (χ4v) is 1.35. The van der Waals surface area contributed by atoms with Crippen LogP contribution in [0.4, 0.5) is 0 Å². The van der Waals surface area contributed by atoms with Crippen molar-refractivity contribution in [3.63, 3.8) is 0 Å². The van der Waals surface area contributed by atoms with Gasteiger partial charge in [-0.1, -0.05) is 13.8 Å². The number of nitrogens with zero attached hydrogens (tertiary/aromatic N) is 1. The van der Waals surface area contributed by atoms with Crippen molar-refractivity contribution < 1.29 is 4.74 Å². The summed E-state index contributed by atoms with van der Waals surface area (Å²) in [5.41, 5.74) is 1.20. The molecule has 0 saturated carbocycles. The minimum Gasteiger partial charge on any atom is -0.376 e. The van der Waals surface area contributed by atoms with Crippen LogP contribution >= 0.6 is 0 Å². The standard InChI is InChI=1S/C10H15NO/c1-8(2)10(12-3)9-4-6-11-7-5-9/h4-8,10H,1-3H3. The van der Waals surface area contributed by atoms with Crippen LogP contribution in [0.5, 0.6) is 0 Å². The van der Waals surface area contributed by atoms with Gasteiger partial charge in [0.15, 0.2) is 0 Å². The molecular formula is C10H15NO. The zero-order valence-electron chi connectivity index (χ0n) is 7.82. The van der Waals surface area contributed by atoms with Gasteiger partial charge in [-0.15, -0.1) is 0 Å². The summed E-state index contributed by atoms with van der Waals surface area (Å²) in [5.74, 6) is 0.498. The molecule has 0 spiro atoms. The van der Waals surface area contributed by atoms with Crippen LogP contribution in [-0.4, -0.2) is 12.1 Å². The molecule has 0 N–H and O–H groups in total. The number of methoxy groups -OCH3 is 1. The van der Waals surface area contributed by atoms with Gasteiger partial charge in [-0.05, 0) is 23.6 Å². The first-order chi connectivity index (χ1) is 5.75. The van der Waals surface area contributed by atoms with Gasteiger partial charge in [0.2, 0.25) is 0 Å². The Kier molecular flexibility index (Phi) is 3.23. The molecule has 0 aliphatic heterocycles. The molecule has 0 amide bonds. The second kappa shape index (κ2) is 4.21. The maximum Gasteiger partial charge on any atom is 0.0845 e. The molecule has 1 aromatic rings. The van der Waals surface area contributed by atoms with Gasteiger partial charge >= 0.3 is 0 Å². The molecule has 0 fully saturated rings. The fourth-order valence-electron chi connectivity index (χ4n) is 1.35.